The van der Waals surface area contributed by atoms with E-state index in [1.165, 1.54) is 6.20 Å². The van der Waals surface area contributed by atoms with Gasteiger partial charge in [-0.25, -0.2) is 4.79 Å². The molecule has 1 aliphatic heterocycles. The molecule has 2 heterocycles. The molecule has 0 aromatic carbocycles. The van der Waals surface area contributed by atoms with Gasteiger partial charge in [0.2, 0.25) is 0 Å². The molecule has 114 valence electrons. The topological polar surface area (TPSA) is 125 Å². The number of ether oxygens (including phenoxy) is 1. The fraction of sp³-hybridized carbons (Fsp3) is 0.538. The van der Waals surface area contributed by atoms with Crippen molar-refractivity contribution in [2.24, 2.45) is 0 Å². The lowest BCUT2D eigenvalue weighted by atomic mass is 10.1. The molecular weight excluding hydrogens is 280 g/mol. The van der Waals surface area contributed by atoms with Crippen LogP contribution in [0.5, 0.6) is 0 Å². The molecule has 4 atom stereocenters. The largest absolute Gasteiger partial charge is 0.394 e. The molecule has 0 aliphatic carbocycles. The van der Waals surface area contributed by atoms with Crippen LogP contribution in [0, 0.1) is 11.8 Å². The number of aromatic amines is 1. The lowest BCUT2D eigenvalue weighted by Gasteiger charge is -2.17. The zero-order chi connectivity index (χ0) is 15.6. The van der Waals surface area contributed by atoms with Crippen molar-refractivity contribution in [2.75, 3.05) is 6.61 Å². The van der Waals surface area contributed by atoms with Gasteiger partial charge in [0.25, 0.3) is 5.56 Å². The molecule has 0 radical (unpaired) electrons. The highest BCUT2D eigenvalue weighted by Crippen LogP contribution is 2.27. The molecule has 4 unspecified atom stereocenters. The first-order chi connectivity index (χ1) is 9.99. The molecular formula is C13H16N2O6. The van der Waals surface area contributed by atoms with Crippen LogP contribution in [0.4, 0.5) is 0 Å². The van der Waals surface area contributed by atoms with Gasteiger partial charge in [-0.1, -0.05) is 18.8 Å². The van der Waals surface area contributed by atoms with Gasteiger partial charge in [0.05, 0.1) is 6.61 Å². The molecule has 4 N–H and O–H groups in total. The lowest BCUT2D eigenvalue weighted by molar-refractivity contribution is -0.0550. The fourth-order valence-electron chi connectivity index (χ4n) is 2.06. The minimum absolute atomic E-state index is 0.0502. The van der Waals surface area contributed by atoms with E-state index < -0.39 is 42.4 Å². The SMILES string of the molecule is CCC#Cc1cn(C2OC(CO)C(O)C2O)c(=O)[nH]c1=O. The second kappa shape index (κ2) is 6.24. The van der Waals surface area contributed by atoms with Crippen LogP contribution in [-0.4, -0.2) is 49.8 Å². The minimum atomic E-state index is -1.40. The first kappa shape index (κ1) is 15.5. The minimum Gasteiger partial charge on any atom is -0.394 e. The van der Waals surface area contributed by atoms with Gasteiger partial charge in [0.15, 0.2) is 6.23 Å². The summed E-state index contributed by atoms with van der Waals surface area (Å²) in [5.41, 5.74) is -1.38. The summed E-state index contributed by atoms with van der Waals surface area (Å²) in [6, 6.07) is 0. The van der Waals surface area contributed by atoms with Gasteiger partial charge in [0, 0.05) is 12.6 Å². The molecule has 1 fully saturated rings. The highest BCUT2D eigenvalue weighted by molar-refractivity contribution is 5.29. The molecule has 0 spiro atoms. The standard InChI is InChI=1S/C13H16N2O6/c1-2-3-4-7-5-15(13(20)14-11(7)19)12-10(18)9(17)8(6-16)21-12/h5,8-10,12,16-18H,2,6H2,1H3,(H,14,19,20). The summed E-state index contributed by atoms with van der Waals surface area (Å²) < 4.78 is 6.19. The van der Waals surface area contributed by atoms with Crippen molar-refractivity contribution in [1.82, 2.24) is 9.55 Å². The van der Waals surface area contributed by atoms with E-state index in [4.69, 9.17) is 9.84 Å². The Hall–Kier alpha value is -1.92. The maximum atomic E-state index is 11.8. The van der Waals surface area contributed by atoms with Gasteiger partial charge >= 0.3 is 5.69 Å². The smallest absolute Gasteiger partial charge is 0.330 e. The average Bonchev–Trinajstić information content (AvgIpc) is 2.74. The maximum Gasteiger partial charge on any atom is 0.330 e. The van der Waals surface area contributed by atoms with Crippen LogP contribution < -0.4 is 11.2 Å². The zero-order valence-corrected chi connectivity index (χ0v) is 11.3. The second-order valence-corrected chi connectivity index (χ2v) is 4.59. The molecule has 8 nitrogen and oxygen atoms in total. The Bertz CT molecular complexity index is 682. The number of H-pyrrole nitrogens is 1. The van der Waals surface area contributed by atoms with Crippen molar-refractivity contribution in [3.8, 4) is 11.8 Å². The number of nitrogens with one attached hydrogen (secondary N) is 1. The van der Waals surface area contributed by atoms with E-state index >= 15 is 0 Å². The summed E-state index contributed by atoms with van der Waals surface area (Å²) in [6.45, 7) is 1.30. The Morgan fingerprint density at radius 2 is 2.10 bits per heavy atom. The van der Waals surface area contributed by atoms with E-state index in [1.807, 2.05) is 6.92 Å². The summed E-state index contributed by atoms with van der Waals surface area (Å²) in [5.74, 6) is 5.31. The molecule has 1 aromatic heterocycles. The fourth-order valence-corrected chi connectivity index (χ4v) is 2.06. The van der Waals surface area contributed by atoms with Crippen LogP contribution in [0.15, 0.2) is 15.8 Å². The van der Waals surface area contributed by atoms with Crippen LogP contribution in [0.25, 0.3) is 0 Å². The second-order valence-electron chi connectivity index (χ2n) is 4.59. The highest BCUT2D eigenvalue weighted by atomic mass is 16.6. The highest BCUT2D eigenvalue weighted by Gasteiger charge is 2.43. The third-order valence-corrected chi connectivity index (χ3v) is 3.16. The van der Waals surface area contributed by atoms with E-state index in [9.17, 15) is 19.8 Å². The predicted octanol–water partition coefficient (Wildman–Crippen LogP) is -2.09. The molecule has 8 heteroatoms. The number of aliphatic hydroxyl groups is 3. The third kappa shape index (κ3) is 2.91. The Morgan fingerprint density at radius 1 is 1.38 bits per heavy atom. The Labute approximate surface area is 119 Å². The maximum absolute atomic E-state index is 11.8. The van der Waals surface area contributed by atoms with Crippen LogP contribution in [-0.2, 0) is 4.74 Å². The van der Waals surface area contributed by atoms with Crippen LogP contribution >= 0.6 is 0 Å². The van der Waals surface area contributed by atoms with Crippen molar-refractivity contribution >= 4 is 0 Å². The Morgan fingerprint density at radius 3 is 2.67 bits per heavy atom. The molecule has 1 saturated heterocycles. The van der Waals surface area contributed by atoms with Crippen LogP contribution in [0.1, 0.15) is 25.1 Å². The summed E-state index contributed by atoms with van der Waals surface area (Å²) in [4.78, 5) is 25.5. The van der Waals surface area contributed by atoms with Gasteiger partial charge in [-0.3, -0.25) is 14.3 Å². The summed E-state index contributed by atoms with van der Waals surface area (Å²) in [7, 11) is 0. The molecule has 1 aliphatic rings. The quantitative estimate of drug-likeness (QED) is 0.464. The van der Waals surface area contributed by atoms with Crippen LogP contribution in [0.2, 0.25) is 0 Å². The van der Waals surface area contributed by atoms with E-state index in [1.54, 1.807) is 0 Å². The molecule has 21 heavy (non-hydrogen) atoms. The normalized spacial score (nSPS) is 28.2. The molecule has 0 amide bonds. The van der Waals surface area contributed by atoms with Gasteiger partial charge in [-0.2, -0.15) is 0 Å². The van der Waals surface area contributed by atoms with E-state index in [0.717, 1.165) is 4.57 Å². The number of aromatic nitrogens is 2. The number of hydrogen-bond donors (Lipinski definition) is 4. The summed E-state index contributed by atoms with van der Waals surface area (Å²) in [6.07, 6.45) is -3.24. The number of hydrogen-bond acceptors (Lipinski definition) is 6. The van der Waals surface area contributed by atoms with E-state index in [0.29, 0.717) is 6.42 Å². The Kier molecular flexibility index (Phi) is 4.59. The number of aliphatic hydroxyl groups excluding tert-OH is 3. The van der Waals surface area contributed by atoms with Crippen molar-refractivity contribution in [3.05, 3.63) is 32.6 Å². The van der Waals surface area contributed by atoms with Gasteiger partial charge in [0.1, 0.15) is 23.9 Å². The molecule has 1 aromatic rings. The van der Waals surface area contributed by atoms with E-state index in [-0.39, 0.29) is 5.56 Å². The van der Waals surface area contributed by atoms with Crippen molar-refractivity contribution in [1.29, 1.82) is 0 Å². The van der Waals surface area contributed by atoms with Crippen molar-refractivity contribution in [2.45, 2.75) is 37.9 Å². The predicted molar refractivity (Wildman–Crippen MR) is 71.5 cm³/mol. The Balaban J connectivity index is 2.45. The third-order valence-electron chi connectivity index (χ3n) is 3.16. The van der Waals surface area contributed by atoms with Gasteiger partial charge < -0.3 is 20.1 Å². The van der Waals surface area contributed by atoms with Gasteiger partial charge in [-0.15, -0.1) is 0 Å². The number of nitrogens with zero attached hydrogens (tertiary/aromatic N) is 1. The van der Waals surface area contributed by atoms with E-state index in [2.05, 4.69) is 16.8 Å². The number of rotatable bonds is 2. The van der Waals surface area contributed by atoms with Gasteiger partial charge in [-0.05, 0) is 0 Å². The molecule has 0 saturated carbocycles. The lowest BCUT2D eigenvalue weighted by Crippen LogP contribution is -2.38. The summed E-state index contributed by atoms with van der Waals surface area (Å²) in [5, 5.41) is 28.6. The monoisotopic (exact) mass is 296 g/mol. The van der Waals surface area contributed by atoms with Crippen molar-refractivity contribution in [3.63, 3.8) is 0 Å². The van der Waals surface area contributed by atoms with Crippen LogP contribution in [0.3, 0.4) is 0 Å². The molecule has 2 rings (SSSR count). The first-order valence-corrected chi connectivity index (χ1v) is 6.46. The summed E-state index contributed by atoms with van der Waals surface area (Å²) >= 11 is 0. The zero-order valence-electron chi connectivity index (χ0n) is 11.3. The average molecular weight is 296 g/mol. The first-order valence-electron chi connectivity index (χ1n) is 6.46. The van der Waals surface area contributed by atoms with Crippen molar-refractivity contribution < 1.29 is 20.1 Å². The molecule has 0 bridgehead atoms.